The van der Waals surface area contributed by atoms with Crippen LogP contribution < -0.4 is 4.74 Å². The summed E-state index contributed by atoms with van der Waals surface area (Å²) >= 11 is 12.8. The molecule has 1 fully saturated rings. The molecule has 0 aromatic heterocycles. The van der Waals surface area contributed by atoms with Gasteiger partial charge in [-0.3, -0.25) is 4.79 Å². The third kappa shape index (κ3) is 4.12. The minimum atomic E-state index is -1.28. The smallest absolute Gasteiger partial charge is 0.321 e. The first kappa shape index (κ1) is 21.2. The molecule has 1 saturated carbocycles. The molecule has 2 atom stereocenters. The Morgan fingerprint density at radius 1 is 1.00 bits per heavy atom. The topological polar surface area (TPSA) is 59.3 Å². The lowest BCUT2D eigenvalue weighted by molar-refractivity contribution is -0.150. The lowest BCUT2D eigenvalue weighted by Gasteiger charge is -2.20. The molecule has 1 aliphatic rings. The number of rotatable bonds is 6. The highest BCUT2D eigenvalue weighted by atomic mass is 35.5. The molecular weight excluding hydrogens is 433 g/mol. The number of ether oxygens (including phenoxy) is 2. The molecule has 1 aliphatic carbocycles. The molecule has 2 unspecified atom stereocenters. The summed E-state index contributed by atoms with van der Waals surface area (Å²) in [6, 6.07) is 25.6. The summed E-state index contributed by atoms with van der Waals surface area (Å²) in [6.45, 7) is 1.95. The van der Waals surface area contributed by atoms with Crippen LogP contribution in [0.2, 0.25) is 0 Å². The van der Waals surface area contributed by atoms with Crippen molar-refractivity contribution < 1.29 is 14.3 Å². The Bertz CT molecular complexity index is 1140. The molecule has 6 heteroatoms. The van der Waals surface area contributed by atoms with Crippen molar-refractivity contribution >= 4 is 29.2 Å². The van der Waals surface area contributed by atoms with Crippen molar-refractivity contribution in [3.8, 4) is 17.6 Å². The first-order valence-electron chi connectivity index (χ1n) is 9.74. The van der Waals surface area contributed by atoms with E-state index >= 15 is 0 Å². The molecular formula is C25H19Cl2NO3. The van der Waals surface area contributed by atoms with Gasteiger partial charge in [-0.1, -0.05) is 83.4 Å². The molecule has 4 rings (SSSR count). The number of carbonyl (C=O) groups is 1. The molecule has 0 heterocycles. The SMILES string of the molecule is Cc1ccc(C2(C(=O)OC(C#N)c3cccc(Oc4ccccc4)c3)CC2(Cl)Cl)cc1. The molecule has 3 aromatic carbocycles. The van der Waals surface area contributed by atoms with E-state index in [9.17, 15) is 10.1 Å². The van der Waals surface area contributed by atoms with E-state index in [1.54, 1.807) is 24.3 Å². The van der Waals surface area contributed by atoms with E-state index in [0.29, 0.717) is 22.6 Å². The number of aryl methyl sites for hydroxylation is 1. The van der Waals surface area contributed by atoms with Crippen molar-refractivity contribution in [2.24, 2.45) is 0 Å². The fraction of sp³-hybridized carbons (Fsp3) is 0.200. The summed E-state index contributed by atoms with van der Waals surface area (Å²) in [4.78, 5) is 13.2. The van der Waals surface area contributed by atoms with Crippen molar-refractivity contribution in [3.63, 3.8) is 0 Å². The van der Waals surface area contributed by atoms with Crippen LogP contribution in [0.25, 0.3) is 0 Å². The van der Waals surface area contributed by atoms with Gasteiger partial charge in [0.1, 0.15) is 27.3 Å². The molecule has 0 amide bonds. The highest BCUT2D eigenvalue weighted by Gasteiger charge is 2.73. The van der Waals surface area contributed by atoms with E-state index in [-0.39, 0.29) is 6.42 Å². The molecule has 0 saturated heterocycles. The number of halogens is 2. The predicted molar refractivity (Wildman–Crippen MR) is 119 cm³/mol. The van der Waals surface area contributed by atoms with Crippen LogP contribution >= 0.6 is 23.2 Å². The second-order valence-electron chi connectivity index (χ2n) is 7.55. The van der Waals surface area contributed by atoms with Gasteiger partial charge in [-0.2, -0.15) is 5.26 Å². The zero-order valence-electron chi connectivity index (χ0n) is 16.7. The van der Waals surface area contributed by atoms with Gasteiger partial charge < -0.3 is 9.47 Å². The highest BCUT2D eigenvalue weighted by molar-refractivity contribution is 6.54. The van der Waals surface area contributed by atoms with Gasteiger partial charge >= 0.3 is 5.97 Å². The number of para-hydroxylation sites is 1. The lowest BCUT2D eigenvalue weighted by atomic mass is 9.95. The maximum absolute atomic E-state index is 13.2. The third-order valence-corrected chi connectivity index (χ3v) is 6.27. The summed E-state index contributed by atoms with van der Waals surface area (Å²) in [5.41, 5.74) is 1.02. The Hall–Kier alpha value is -3.00. The number of esters is 1. The Morgan fingerprint density at radius 2 is 1.65 bits per heavy atom. The van der Waals surface area contributed by atoms with Gasteiger partial charge in [0.2, 0.25) is 6.10 Å². The van der Waals surface area contributed by atoms with Crippen molar-refractivity contribution in [1.82, 2.24) is 0 Å². The molecule has 31 heavy (non-hydrogen) atoms. The van der Waals surface area contributed by atoms with Crippen molar-refractivity contribution in [2.75, 3.05) is 0 Å². The van der Waals surface area contributed by atoms with Gasteiger partial charge in [-0.05, 0) is 36.8 Å². The van der Waals surface area contributed by atoms with E-state index in [1.807, 2.05) is 67.6 Å². The fourth-order valence-corrected chi connectivity index (χ4v) is 4.30. The number of hydrogen-bond donors (Lipinski definition) is 0. The second-order valence-corrected chi connectivity index (χ2v) is 9.04. The number of nitriles is 1. The standard InChI is InChI=1S/C25H19Cl2NO3/c1-17-10-12-19(13-11-17)24(16-25(24,26)27)23(29)31-22(15-28)18-6-5-9-21(14-18)30-20-7-3-2-4-8-20/h2-14,22H,16H2,1H3. The molecule has 4 nitrogen and oxygen atoms in total. The van der Waals surface area contributed by atoms with Crippen LogP contribution in [0.5, 0.6) is 11.5 Å². The van der Waals surface area contributed by atoms with Crippen LogP contribution in [0.3, 0.4) is 0 Å². The van der Waals surface area contributed by atoms with Crippen LogP contribution in [0, 0.1) is 18.3 Å². The quantitative estimate of drug-likeness (QED) is 0.320. The molecule has 0 N–H and O–H groups in total. The fourth-order valence-electron chi connectivity index (χ4n) is 3.52. The maximum atomic E-state index is 13.2. The highest BCUT2D eigenvalue weighted by Crippen LogP contribution is 2.65. The largest absolute Gasteiger partial charge is 0.457 e. The molecule has 3 aromatic rings. The Kier molecular flexibility index (Phi) is 5.66. The zero-order chi connectivity index (χ0) is 22.1. The Labute approximate surface area is 190 Å². The first-order valence-corrected chi connectivity index (χ1v) is 10.5. The van der Waals surface area contributed by atoms with Crippen LogP contribution in [-0.2, 0) is 14.9 Å². The molecule has 0 aliphatic heterocycles. The van der Waals surface area contributed by atoms with Crippen LogP contribution in [-0.4, -0.2) is 10.3 Å². The average molecular weight is 452 g/mol. The van der Waals surface area contributed by atoms with E-state index in [2.05, 4.69) is 0 Å². The van der Waals surface area contributed by atoms with Crippen LogP contribution in [0.15, 0.2) is 78.9 Å². The zero-order valence-corrected chi connectivity index (χ0v) is 18.2. The van der Waals surface area contributed by atoms with Crippen molar-refractivity contribution in [2.45, 2.75) is 29.2 Å². The molecule has 0 spiro atoms. The molecule has 0 bridgehead atoms. The third-order valence-electron chi connectivity index (χ3n) is 5.36. The number of alkyl halides is 2. The number of nitrogens with zero attached hydrogens (tertiary/aromatic N) is 1. The summed E-state index contributed by atoms with van der Waals surface area (Å²) in [5, 5.41) is 9.70. The lowest BCUT2D eigenvalue weighted by Crippen LogP contribution is -2.30. The number of carbonyl (C=O) groups excluding carboxylic acids is 1. The summed E-state index contributed by atoms with van der Waals surface area (Å²) in [7, 11) is 0. The monoisotopic (exact) mass is 451 g/mol. The molecule has 156 valence electrons. The maximum Gasteiger partial charge on any atom is 0.321 e. The van der Waals surface area contributed by atoms with Gasteiger partial charge in [0.15, 0.2) is 0 Å². The van der Waals surface area contributed by atoms with Crippen LogP contribution in [0.4, 0.5) is 0 Å². The van der Waals surface area contributed by atoms with Gasteiger partial charge in [0.05, 0.1) is 0 Å². The van der Waals surface area contributed by atoms with Gasteiger partial charge in [-0.15, -0.1) is 0 Å². The van der Waals surface area contributed by atoms with E-state index < -0.39 is 21.8 Å². The second kappa shape index (κ2) is 8.26. The van der Waals surface area contributed by atoms with E-state index in [4.69, 9.17) is 32.7 Å². The summed E-state index contributed by atoms with van der Waals surface area (Å²) in [5.74, 6) is 0.571. The summed E-state index contributed by atoms with van der Waals surface area (Å²) < 4.78 is 10.2. The van der Waals surface area contributed by atoms with Gasteiger partial charge in [0, 0.05) is 12.0 Å². The van der Waals surface area contributed by atoms with Crippen LogP contribution in [0.1, 0.15) is 29.2 Å². The van der Waals surface area contributed by atoms with Gasteiger partial charge in [-0.25, -0.2) is 0 Å². The van der Waals surface area contributed by atoms with Crippen molar-refractivity contribution in [3.05, 3.63) is 95.6 Å². The Morgan fingerprint density at radius 3 is 2.26 bits per heavy atom. The number of hydrogen-bond acceptors (Lipinski definition) is 4. The minimum absolute atomic E-state index is 0.223. The van der Waals surface area contributed by atoms with Gasteiger partial charge in [0.25, 0.3) is 0 Å². The average Bonchev–Trinajstić information content (AvgIpc) is 3.36. The first-order chi connectivity index (χ1) is 14.9. The summed E-state index contributed by atoms with van der Waals surface area (Å²) in [6.07, 6.45) is -0.904. The predicted octanol–water partition coefficient (Wildman–Crippen LogP) is 6.41. The van der Waals surface area contributed by atoms with E-state index in [0.717, 1.165) is 5.56 Å². The molecule has 0 radical (unpaired) electrons. The Balaban J connectivity index is 1.56. The van der Waals surface area contributed by atoms with E-state index in [1.165, 1.54) is 0 Å². The van der Waals surface area contributed by atoms with Crippen molar-refractivity contribution in [1.29, 1.82) is 5.26 Å². The number of benzene rings is 3. The minimum Gasteiger partial charge on any atom is -0.457 e. The normalized spacial score (nSPS) is 19.7.